The van der Waals surface area contributed by atoms with E-state index in [2.05, 4.69) is 0 Å². The zero-order chi connectivity index (χ0) is 21.5. The Labute approximate surface area is 180 Å². The summed E-state index contributed by atoms with van der Waals surface area (Å²) in [5.74, 6) is 0.485. The standard InChI is InChI=1S/C22H24ClFN2O4/c1-29-17-5-2-16(3-6-17)4-9-21(27)25-10-12-26(13-11-25)22(28)15-30-18-7-8-20(24)19(23)14-18/h2-3,5-8,14H,4,9-13,15H2,1H3. The van der Waals surface area contributed by atoms with Crippen LogP contribution >= 0.6 is 11.6 Å². The number of aryl methyl sites for hydroxylation is 1. The van der Waals surface area contributed by atoms with Crippen LogP contribution in [0.15, 0.2) is 42.5 Å². The highest BCUT2D eigenvalue weighted by Gasteiger charge is 2.24. The summed E-state index contributed by atoms with van der Waals surface area (Å²) in [6.07, 6.45) is 1.09. The zero-order valence-electron chi connectivity index (χ0n) is 16.8. The first kappa shape index (κ1) is 21.9. The van der Waals surface area contributed by atoms with Crippen molar-refractivity contribution in [1.29, 1.82) is 0 Å². The van der Waals surface area contributed by atoms with Crippen molar-refractivity contribution in [2.75, 3.05) is 39.9 Å². The smallest absolute Gasteiger partial charge is 0.260 e. The van der Waals surface area contributed by atoms with E-state index in [9.17, 15) is 14.0 Å². The first-order valence-electron chi connectivity index (χ1n) is 9.72. The summed E-state index contributed by atoms with van der Waals surface area (Å²) < 4.78 is 23.7. The molecule has 0 bridgehead atoms. The van der Waals surface area contributed by atoms with Gasteiger partial charge < -0.3 is 19.3 Å². The van der Waals surface area contributed by atoms with E-state index in [1.54, 1.807) is 16.9 Å². The van der Waals surface area contributed by atoms with Crippen molar-refractivity contribution < 1.29 is 23.5 Å². The minimum atomic E-state index is -0.539. The molecule has 0 N–H and O–H groups in total. The Morgan fingerprint density at radius 1 is 0.967 bits per heavy atom. The predicted octanol–water partition coefficient (Wildman–Crippen LogP) is 3.17. The van der Waals surface area contributed by atoms with Crippen molar-refractivity contribution in [3.8, 4) is 11.5 Å². The number of piperazine rings is 1. The molecule has 1 heterocycles. The molecular weight excluding hydrogens is 411 g/mol. The lowest BCUT2D eigenvalue weighted by Crippen LogP contribution is -2.51. The van der Waals surface area contributed by atoms with E-state index >= 15 is 0 Å². The summed E-state index contributed by atoms with van der Waals surface area (Å²) in [6.45, 7) is 1.75. The van der Waals surface area contributed by atoms with Gasteiger partial charge in [0.05, 0.1) is 12.1 Å². The van der Waals surface area contributed by atoms with Crippen molar-refractivity contribution >= 4 is 23.4 Å². The Morgan fingerprint density at radius 2 is 1.57 bits per heavy atom. The van der Waals surface area contributed by atoms with Crippen molar-refractivity contribution in [2.45, 2.75) is 12.8 Å². The fraction of sp³-hybridized carbons (Fsp3) is 0.364. The molecule has 0 aliphatic carbocycles. The van der Waals surface area contributed by atoms with E-state index in [1.165, 1.54) is 18.2 Å². The van der Waals surface area contributed by atoms with Crippen LogP contribution in [0.5, 0.6) is 11.5 Å². The van der Waals surface area contributed by atoms with Gasteiger partial charge in [-0.05, 0) is 36.2 Å². The highest BCUT2D eigenvalue weighted by atomic mass is 35.5. The van der Waals surface area contributed by atoms with Gasteiger partial charge in [-0.15, -0.1) is 0 Å². The van der Waals surface area contributed by atoms with E-state index in [0.717, 1.165) is 11.3 Å². The summed E-state index contributed by atoms with van der Waals surface area (Å²) >= 11 is 5.71. The monoisotopic (exact) mass is 434 g/mol. The highest BCUT2D eigenvalue weighted by molar-refractivity contribution is 6.30. The van der Waals surface area contributed by atoms with E-state index < -0.39 is 5.82 Å². The Morgan fingerprint density at radius 3 is 2.17 bits per heavy atom. The molecule has 0 spiro atoms. The lowest BCUT2D eigenvalue weighted by molar-refractivity contribution is -0.140. The third-order valence-corrected chi connectivity index (χ3v) is 5.31. The van der Waals surface area contributed by atoms with Gasteiger partial charge in [0, 0.05) is 38.7 Å². The molecule has 0 unspecified atom stereocenters. The minimum absolute atomic E-state index is 0.0540. The summed E-state index contributed by atoms with van der Waals surface area (Å²) in [4.78, 5) is 28.3. The van der Waals surface area contributed by atoms with Gasteiger partial charge in [-0.2, -0.15) is 0 Å². The second-order valence-electron chi connectivity index (χ2n) is 6.97. The molecule has 1 saturated heterocycles. The minimum Gasteiger partial charge on any atom is -0.497 e. The van der Waals surface area contributed by atoms with Crippen LogP contribution in [0.1, 0.15) is 12.0 Å². The van der Waals surface area contributed by atoms with Crippen LogP contribution in [-0.2, 0) is 16.0 Å². The van der Waals surface area contributed by atoms with E-state index in [1.807, 2.05) is 24.3 Å². The van der Waals surface area contributed by atoms with Crippen molar-refractivity contribution in [2.24, 2.45) is 0 Å². The molecule has 3 rings (SSSR count). The Bertz CT molecular complexity index is 883. The molecule has 1 aliphatic heterocycles. The third kappa shape index (κ3) is 5.86. The van der Waals surface area contributed by atoms with Crippen LogP contribution in [0, 0.1) is 5.82 Å². The van der Waals surface area contributed by atoms with Crippen molar-refractivity contribution in [3.05, 3.63) is 58.9 Å². The molecule has 1 fully saturated rings. The third-order valence-electron chi connectivity index (χ3n) is 5.03. The molecule has 30 heavy (non-hydrogen) atoms. The summed E-state index contributed by atoms with van der Waals surface area (Å²) in [7, 11) is 1.62. The van der Waals surface area contributed by atoms with Gasteiger partial charge in [-0.3, -0.25) is 9.59 Å². The van der Waals surface area contributed by atoms with Crippen LogP contribution < -0.4 is 9.47 Å². The average Bonchev–Trinajstić information content (AvgIpc) is 2.78. The van der Waals surface area contributed by atoms with Gasteiger partial charge in [0.15, 0.2) is 6.61 Å². The van der Waals surface area contributed by atoms with Gasteiger partial charge in [-0.25, -0.2) is 4.39 Å². The van der Waals surface area contributed by atoms with Gasteiger partial charge >= 0.3 is 0 Å². The second kappa shape index (κ2) is 10.3. The first-order valence-corrected chi connectivity index (χ1v) is 10.1. The van der Waals surface area contributed by atoms with Gasteiger partial charge in [0.25, 0.3) is 5.91 Å². The number of hydrogen-bond acceptors (Lipinski definition) is 4. The predicted molar refractivity (Wildman–Crippen MR) is 111 cm³/mol. The SMILES string of the molecule is COc1ccc(CCC(=O)N2CCN(C(=O)COc3ccc(F)c(Cl)c3)CC2)cc1. The van der Waals surface area contributed by atoms with Gasteiger partial charge in [0.1, 0.15) is 17.3 Å². The van der Waals surface area contributed by atoms with Crippen LogP contribution in [0.3, 0.4) is 0 Å². The van der Waals surface area contributed by atoms with Crippen LogP contribution in [-0.4, -0.2) is 61.5 Å². The van der Waals surface area contributed by atoms with E-state index in [4.69, 9.17) is 21.1 Å². The number of carbonyl (C=O) groups excluding carboxylic acids is 2. The first-order chi connectivity index (χ1) is 14.5. The van der Waals surface area contributed by atoms with Crippen LogP contribution in [0.4, 0.5) is 4.39 Å². The number of ether oxygens (including phenoxy) is 2. The Hall–Kier alpha value is -2.80. The number of rotatable bonds is 7. The molecule has 0 saturated carbocycles. The van der Waals surface area contributed by atoms with Crippen molar-refractivity contribution in [1.82, 2.24) is 9.80 Å². The molecule has 2 aromatic rings. The summed E-state index contributed by atoms with van der Waals surface area (Å²) in [6, 6.07) is 11.6. The fourth-order valence-corrected chi connectivity index (χ4v) is 3.38. The van der Waals surface area contributed by atoms with Gasteiger partial charge in [-0.1, -0.05) is 23.7 Å². The Balaban J connectivity index is 1.40. The molecule has 0 aromatic heterocycles. The maximum absolute atomic E-state index is 13.2. The maximum Gasteiger partial charge on any atom is 0.260 e. The van der Waals surface area contributed by atoms with E-state index in [-0.39, 0.29) is 23.4 Å². The topological polar surface area (TPSA) is 59.1 Å². The number of amides is 2. The summed E-state index contributed by atoms with van der Waals surface area (Å²) in [5, 5.41) is -0.0540. The number of hydrogen-bond donors (Lipinski definition) is 0. The highest BCUT2D eigenvalue weighted by Crippen LogP contribution is 2.21. The molecule has 160 valence electrons. The molecule has 0 radical (unpaired) electrons. The molecule has 2 amide bonds. The molecule has 2 aromatic carbocycles. The molecular formula is C22H24ClFN2O4. The fourth-order valence-electron chi connectivity index (χ4n) is 3.21. The number of methoxy groups -OCH3 is 1. The number of benzene rings is 2. The molecule has 8 heteroatoms. The zero-order valence-corrected chi connectivity index (χ0v) is 17.5. The second-order valence-corrected chi connectivity index (χ2v) is 7.38. The molecule has 0 atom stereocenters. The molecule has 6 nitrogen and oxygen atoms in total. The largest absolute Gasteiger partial charge is 0.497 e. The number of nitrogens with zero attached hydrogens (tertiary/aromatic N) is 2. The van der Waals surface area contributed by atoms with E-state index in [0.29, 0.717) is 44.8 Å². The van der Waals surface area contributed by atoms with Crippen LogP contribution in [0.2, 0.25) is 5.02 Å². The summed E-state index contributed by atoms with van der Waals surface area (Å²) in [5.41, 5.74) is 1.08. The van der Waals surface area contributed by atoms with Crippen molar-refractivity contribution in [3.63, 3.8) is 0 Å². The average molecular weight is 435 g/mol. The lowest BCUT2D eigenvalue weighted by atomic mass is 10.1. The number of carbonyl (C=O) groups is 2. The van der Waals surface area contributed by atoms with Crippen LogP contribution in [0.25, 0.3) is 0 Å². The quantitative estimate of drug-likeness (QED) is 0.671. The maximum atomic E-state index is 13.2. The number of halogens is 2. The lowest BCUT2D eigenvalue weighted by Gasteiger charge is -2.34. The Kier molecular flexibility index (Phi) is 7.52. The molecule has 1 aliphatic rings. The van der Waals surface area contributed by atoms with Gasteiger partial charge in [0.2, 0.25) is 5.91 Å². The normalized spacial score (nSPS) is 13.8.